The summed E-state index contributed by atoms with van der Waals surface area (Å²) in [6, 6.07) is 0. The third kappa shape index (κ3) is 2.57. The van der Waals surface area contributed by atoms with Gasteiger partial charge in [0, 0.05) is 37.6 Å². The fourth-order valence-corrected chi connectivity index (χ4v) is 1.98. The number of hydrogen-bond acceptors (Lipinski definition) is 4. The van der Waals surface area contributed by atoms with Gasteiger partial charge in [0.25, 0.3) is 0 Å². The summed E-state index contributed by atoms with van der Waals surface area (Å²) < 4.78 is 0. The molecule has 1 fully saturated rings. The lowest BCUT2D eigenvalue weighted by molar-refractivity contribution is 0.227. The van der Waals surface area contributed by atoms with Gasteiger partial charge in [0.2, 0.25) is 0 Å². The summed E-state index contributed by atoms with van der Waals surface area (Å²) in [6.45, 7) is 11.4. The van der Waals surface area contributed by atoms with E-state index in [1.54, 1.807) is 0 Å². The SMILES string of the molecule is Cc1nc(CN2CCNCC2)nc(C)c1C. The number of rotatable bonds is 2. The van der Waals surface area contributed by atoms with E-state index in [4.69, 9.17) is 0 Å². The fraction of sp³-hybridized carbons (Fsp3) is 0.667. The number of hydrogen-bond donors (Lipinski definition) is 1. The van der Waals surface area contributed by atoms with E-state index in [-0.39, 0.29) is 0 Å². The van der Waals surface area contributed by atoms with Gasteiger partial charge in [0.15, 0.2) is 0 Å². The first-order chi connectivity index (χ1) is 7.66. The van der Waals surface area contributed by atoms with E-state index < -0.39 is 0 Å². The van der Waals surface area contributed by atoms with Crippen LogP contribution < -0.4 is 5.32 Å². The maximum atomic E-state index is 4.55. The molecule has 16 heavy (non-hydrogen) atoms. The molecule has 0 radical (unpaired) electrons. The van der Waals surface area contributed by atoms with Gasteiger partial charge in [-0.15, -0.1) is 0 Å². The molecule has 0 aliphatic carbocycles. The van der Waals surface area contributed by atoms with Crippen molar-refractivity contribution in [2.24, 2.45) is 0 Å². The maximum absolute atomic E-state index is 4.55. The van der Waals surface area contributed by atoms with Crippen LogP contribution in [0.15, 0.2) is 0 Å². The molecular weight excluding hydrogens is 200 g/mol. The lowest BCUT2D eigenvalue weighted by Crippen LogP contribution is -2.43. The number of piperazine rings is 1. The van der Waals surface area contributed by atoms with Crippen LogP contribution in [0, 0.1) is 20.8 Å². The molecule has 1 aromatic rings. The second-order valence-corrected chi connectivity index (χ2v) is 4.46. The van der Waals surface area contributed by atoms with E-state index in [9.17, 15) is 0 Å². The summed E-state index contributed by atoms with van der Waals surface area (Å²) in [7, 11) is 0. The Labute approximate surface area is 97.1 Å². The Morgan fingerprint density at radius 2 is 1.62 bits per heavy atom. The molecule has 4 heteroatoms. The molecule has 0 unspecified atom stereocenters. The Morgan fingerprint density at radius 1 is 1.06 bits per heavy atom. The van der Waals surface area contributed by atoms with Gasteiger partial charge in [-0.05, 0) is 26.3 Å². The minimum absolute atomic E-state index is 0.879. The van der Waals surface area contributed by atoms with Crippen molar-refractivity contribution in [2.45, 2.75) is 27.3 Å². The van der Waals surface area contributed by atoms with Crippen LogP contribution in [0.3, 0.4) is 0 Å². The van der Waals surface area contributed by atoms with Gasteiger partial charge in [-0.1, -0.05) is 0 Å². The van der Waals surface area contributed by atoms with Crippen LogP contribution >= 0.6 is 0 Å². The summed E-state index contributed by atoms with van der Waals surface area (Å²) >= 11 is 0. The standard InChI is InChI=1S/C12H20N4/c1-9-10(2)14-12(15-11(9)3)8-16-6-4-13-5-7-16/h13H,4-8H2,1-3H3. The van der Waals surface area contributed by atoms with Crippen molar-refractivity contribution in [3.8, 4) is 0 Å². The van der Waals surface area contributed by atoms with Crippen molar-refractivity contribution in [3.63, 3.8) is 0 Å². The molecule has 1 N–H and O–H groups in total. The van der Waals surface area contributed by atoms with Gasteiger partial charge >= 0.3 is 0 Å². The second-order valence-electron chi connectivity index (χ2n) is 4.46. The molecule has 2 heterocycles. The predicted molar refractivity (Wildman–Crippen MR) is 64.4 cm³/mol. The number of nitrogens with one attached hydrogen (secondary N) is 1. The Kier molecular flexibility index (Phi) is 3.51. The van der Waals surface area contributed by atoms with Gasteiger partial charge in [0.05, 0.1) is 6.54 Å². The van der Waals surface area contributed by atoms with Gasteiger partial charge in [-0.3, -0.25) is 4.90 Å². The summed E-state index contributed by atoms with van der Waals surface area (Å²) in [5.41, 5.74) is 3.43. The Balaban J connectivity index is 2.09. The molecule has 2 rings (SSSR count). The number of aryl methyl sites for hydroxylation is 2. The van der Waals surface area contributed by atoms with Crippen LogP contribution in [0.4, 0.5) is 0 Å². The normalized spacial score (nSPS) is 17.7. The molecule has 1 saturated heterocycles. The van der Waals surface area contributed by atoms with Crippen LogP contribution in [0.5, 0.6) is 0 Å². The summed E-state index contributed by atoms with van der Waals surface area (Å²) in [5, 5.41) is 3.35. The molecule has 0 bridgehead atoms. The third-order valence-corrected chi connectivity index (χ3v) is 3.25. The fourth-order valence-electron chi connectivity index (χ4n) is 1.98. The van der Waals surface area contributed by atoms with Gasteiger partial charge in [-0.25, -0.2) is 9.97 Å². The lowest BCUT2D eigenvalue weighted by Gasteiger charge is -2.26. The molecule has 0 spiro atoms. The van der Waals surface area contributed by atoms with Crippen molar-refractivity contribution in [2.75, 3.05) is 26.2 Å². The minimum Gasteiger partial charge on any atom is -0.314 e. The van der Waals surface area contributed by atoms with E-state index in [1.165, 1.54) is 5.56 Å². The average molecular weight is 220 g/mol. The zero-order valence-electron chi connectivity index (χ0n) is 10.4. The van der Waals surface area contributed by atoms with Gasteiger partial charge < -0.3 is 5.32 Å². The Bertz CT molecular complexity index is 346. The van der Waals surface area contributed by atoms with Crippen molar-refractivity contribution in [1.82, 2.24) is 20.2 Å². The number of nitrogens with zero attached hydrogens (tertiary/aromatic N) is 3. The Morgan fingerprint density at radius 3 is 2.19 bits per heavy atom. The van der Waals surface area contributed by atoms with E-state index >= 15 is 0 Å². The minimum atomic E-state index is 0.879. The average Bonchev–Trinajstić information content (AvgIpc) is 2.27. The van der Waals surface area contributed by atoms with Crippen LogP contribution in [0.1, 0.15) is 22.8 Å². The van der Waals surface area contributed by atoms with Crippen LogP contribution in [-0.4, -0.2) is 41.0 Å². The Hall–Kier alpha value is -1.00. The van der Waals surface area contributed by atoms with Crippen molar-refractivity contribution >= 4 is 0 Å². The summed E-state index contributed by atoms with van der Waals surface area (Å²) in [6.07, 6.45) is 0. The zero-order chi connectivity index (χ0) is 11.5. The maximum Gasteiger partial charge on any atom is 0.142 e. The first kappa shape index (κ1) is 11.5. The molecule has 1 aliphatic heterocycles. The van der Waals surface area contributed by atoms with Crippen molar-refractivity contribution < 1.29 is 0 Å². The topological polar surface area (TPSA) is 41.1 Å². The molecule has 4 nitrogen and oxygen atoms in total. The third-order valence-electron chi connectivity index (χ3n) is 3.25. The van der Waals surface area contributed by atoms with E-state index in [1.807, 2.05) is 0 Å². The van der Waals surface area contributed by atoms with E-state index in [0.29, 0.717) is 0 Å². The predicted octanol–water partition coefficient (Wildman–Crippen LogP) is 0.807. The molecule has 88 valence electrons. The molecule has 1 aliphatic rings. The summed E-state index contributed by atoms with van der Waals surface area (Å²) in [5.74, 6) is 0.961. The highest BCUT2D eigenvalue weighted by Crippen LogP contribution is 2.09. The van der Waals surface area contributed by atoms with Crippen LogP contribution in [-0.2, 0) is 6.54 Å². The molecule has 0 saturated carbocycles. The zero-order valence-corrected chi connectivity index (χ0v) is 10.4. The summed E-state index contributed by atoms with van der Waals surface area (Å²) in [4.78, 5) is 11.5. The first-order valence-corrected chi connectivity index (χ1v) is 5.90. The highest BCUT2D eigenvalue weighted by atomic mass is 15.2. The number of aromatic nitrogens is 2. The quantitative estimate of drug-likeness (QED) is 0.800. The second kappa shape index (κ2) is 4.89. The molecule has 1 aromatic heterocycles. The van der Waals surface area contributed by atoms with Crippen molar-refractivity contribution in [1.29, 1.82) is 0 Å². The van der Waals surface area contributed by atoms with Gasteiger partial charge in [-0.2, -0.15) is 0 Å². The van der Waals surface area contributed by atoms with Gasteiger partial charge in [0.1, 0.15) is 5.82 Å². The highest BCUT2D eigenvalue weighted by Gasteiger charge is 2.12. The van der Waals surface area contributed by atoms with Crippen LogP contribution in [0.25, 0.3) is 0 Å². The van der Waals surface area contributed by atoms with Crippen LogP contribution in [0.2, 0.25) is 0 Å². The largest absolute Gasteiger partial charge is 0.314 e. The molecule has 0 atom stereocenters. The monoisotopic (exact) mass is 220 g/mol. The smallest absolute Gasteiger partial charge is 0.142 e. The molecular formula is C12H20N4. The molecule has 0 aromatic carbocycles. The van der Waals surface area contributed by atoms with E-state index in [0.717, 1.165) is 49.9 Å². The molecule has 0 amide bonds. The lowest BCUT2D eigenvalue weighted by atomic mass is 10.2. The first-order valence-electron chi connectivity index (χ1n) is 5.90. The van der Waals surface area contributed by atoms with E-state index in [2.05, 4.69) is 41.0 Å². The van der Waals surface area contributed by atoms with Crippen molar-refractivity contribution in [3.05, 3.63) is 22.8 Å². The highest BCUT2D eigenvalue weighted by molar-refractivity contribution is 5.22.